The largest absolute Gasteiger partial charge is 0.304 e. The van der Waals surface area contributed by atoms with E-state index in [0.29, 0.717) is 6.04 Å². The fourth-order valence-electron chi connectivity index (χ4n) is 3.12. The number of nitrogens with zero attached hydrogens (tertiary/aromatic N) is 6. The minimum atomic E-state index is 0.370. The summed E-state index contributed by atoms with van der Waals surface area (Å²) in [5, 5.41) is 4.26. The van der Waals surface area contributed by atoms with Gasteiger partial charge >= 0.3 is 0 Å². The molecule has 1 fully saturated rings. The van der Waals surface area contributed by atoms with E-state index in [0.717, 1.165) is 37.4 Å². The van der Waals surface area contributed by atoms with E-state index in [1.807, 2.05) is 30.3 Å². The predicted molar refractivity (Wildman–Crippen MR) is 85.0 cm³/mol. The Kier molecular flexibility index (Phi) is 4.49. The third-order valence-electron chi connectivity index (χ3n) is 4.03. The van der Waals surface area contributed by atoms with E-state index in [2.05, 4.69) is 40.2 Å². The SMILES string of the molecule is CN(C)Cc1cncc([C@H]2CCCN2Cc2cnn(C)c2)n1. The Morgan fingerprint density at radius 3 is 2.86 bits per heavy atom. The van der Waals surface area contributed by atoms with E-state index in [9.17, 15) is 0 Å². The zero-order chi connectivity index (χ0) is 15.5. The summed E-state index contributed by atoms with van der Waals surface area (Å²) in [6, 6.07) is 0.370. The number of hydrogen-bond donors (Lipinski definition) is 0. The number of likely N-dealkylation sites (tertiary alicyclic amines) is 1. The van der Waals surface area contributed by atoms with Gasteiger partial charge in [-0.05, 0) is 33.5 Å². The van der Waals surface area contributed by atoms with Crippen LogP contribution in [-0.4, -0.2) is 50.2 Å². The molecule has 22 heavy (non-hydrogen) atoms. The van der Waals surface area contributed by atoms with Crippen LogP contribution in [-0.2, 0) is 20.1 Å². The standard InChI is InChI=1S/C16H24N6/c1-20(2)12-14-8-17-9-15(19-14)16-5-4-6-22(16)11-13-7-18-21(3)10-13/h7-10,16H,4-6,11-12H2,1-3H3/t16-/m1/s1. The van der Waals surface area contributed by atoms with E-state index < -0.39 is 0 Å². The third-order valence-corrected chi connectivity index (χ3v) is 4.03. The van der Waals surface area contributed by atoms with Gasteiger partial charge in [-0.15, -0.1) is 0 Å². The third kappa shape index (κ3) is 3.51. The molecule has 0 radical (unpaired) electrons. The molecule has 1 aliphatic rings. The van der Waals surface area contributed by atoms with Gasteiger partial charge in [-0.3, -0.25) is 19.5 Å². The predicted octanol–water partition coefficient (Wildman–Crippen LogP) is 1.61. The molecule has 2 aromatic rings. The first-order valence-corrected chi connectivity index (χ1v) is 7.79. The molecule has 0 unspecified atom stereocenters. The highest BCUT2D eigenvalue weighted by atomic mass is 15.3. The number of hydrogen-bond acceptors (Lipinski definition) is 5. The molecule has 0 spiro atoms. The molecular formula is C16H24N6. The van der Waals surface area contributed by atoms with Gasteiger partial charge in [0.25, 0.3) is 0 Å². The van der Waals surface area contributed by atoms with Gasteiger partial charge in [0.05, 0.1) is 23.6 Å². The second-order valence-corrected chi connectivity index (χ2v) is 6.32. The smallest absolute Gasteiger partial charge is 0.0762 e. The molecule has 118 valence electrons. The fourth-order valence-corrected chi connectivity index (χ4v) is 3.12. The lowest BCUT2D eigenvalue weighted by molar-refractivity contribution is 0.243. The molecule has 1 saturated heterocycles. The van der Waals surface area contributed by atoms with Crippen LogP contribution in [0.2, 0.25) is 0 Å². The van der Waals surface area contributed by atoms with Crippen LogP contribution in [0.4, 0.5) is 0 Å². The first-order valence-electron chi connectivity index (χ1n) is 7.79. The highest BCUT2D eigenvalue weighted by Crippen LogP contribution is 2.31. The van der Waals surface area contributed by atoms with Crippen LogP contribution in [0.1, 0.15) is 35.8 Å². The van der Waals surface area contributed by atoms with Crippen LogP contribution in [0.15, 0.2) is 24.8 Å². The Labute approximate surface area is 131 Å². The van der Waals surface area contributed by atoms with Crippen molar-refractivity contribution in [2.75, 3.05) is 20.6 Å². The molecule has 6 nitrogen and oxygen atoms in total. The molecular weight excluding hydrogens is 276 g/mol. The summed E-state index contributed by atoms with van der Waals surface area (Å²) in [6.45, 7) is 2.87. The Bertz CT molecular complexity index is 621. The maximum atomic E-state index is 4.83. The Hall–Kier alpha value is -1.79. The van der Waals surface area contributed by atoms with Crippen LogP contribution in [0.5, 0.6) is 0 Å². The van der Waals surface area contributed by atoms with Gasteiger partial charge in [0.15, 0.2) is 0 Å². The van der Waals surface area contributed by atoms with Crippen molar-refractivity contribution in [1.82, 2.24) is 29.5 Å². The van der Waals surface area contributed by atoms with Gasteiger partial charge in [0.1, 0.15) is 0 Å². The molecule has 3 rings (SSSR count). The van der Waals surface area contributed by atoms with Gasteiger partial charge in [0.2, 0.25) is 0 Å². The summed E-state index contributed by atoms with van der Waals surface area (Å²) in [5.41, 5.74) is 3.39. The molecule has 0 aliphatic carbocycles. The van der Waals surface area contributed by atoms with Crippen molar-refractivity contribution in [3.63, 3.8) is 0 Å². The molecule has 0 saturated carbocycles. The van der Waals surface area contributed by atoms with Crippen molar-refractivity contribution in [3.8, 4) is 0 Å². The van der Waals surface area contributed by atoms with Crippen molar-refractivity contribution >= 4 is 0 Å². The van der Waals surface area contributed by atoms with E-state index >= 15 is 0 Å². The Morgan fingerprint density at radius 2 is 2.14 bits per heavy atom. The summed E-state index contributed by atoms with van der Waals surface area (Å²) in [6.07, 6.45) is 10.2. The van der Waals surface area contributed by atoms with Crippen LogP contribution in [0.3, 0.4) is 0 Å². The molecule has 6 heteroatoms. The lowest BCUT2D eigenvalue weighted by Gasteiger charge is -2.23. The van der Waals surface area contributed by atoms with E-state index in [4.69, 9.17) is 4.98 Å². The van der Waals surface area contributed by atoms with Gasteiger partial charge in [-0.2, -0.15) is 5.10 Å². The topological polar surface area (TPSA) is 50.1 Å². The highest BCUT2D eigenvalue weighted by Gasteiger charge is 2.27. The Morgan fingerprint density at radius 1 is 1.27 bits per heavy atom. The number of rotatable bonds is 5. The van der Waals surface area contributed by atoms with Gasteiger partial charge in [0, 0.05) is 44.3 Å². The van der Waals surface area contributed by atoms with E-state index in [-0.39, 0.29) is 0 Å². The van der Waals surface area contributed by atoms with Gasteiger partial charge in [-0.25, -0.2) is 0 Å². The number of aryl methyl sites for hydroxylation is 1. The lowest BCUT2D eigenvalue weighted by atomic mass is 10.1. The Balaban J connectivity index is 1.75. The summed E-state index contributed by atoms with van der Waals surface area (Å²) >= 11 is 0. The molecule has 2 aromatic heterocycles. The minimum absolute atomic E-state index is 0.370. The summed E-state index contributed by atoms with van der Waals surface area (Å²) in [4.78, 5) is 13.8. The van der Waals surface area contributed by atoms with Crippen LogP contribution in [0, 0.1) is 0 Å². The first kappa shape index (κ1) is 15.1. The van der Waals surface area contributed by atoms with Crippen LogP contribution >= 0.6 is 0 Å². The van der Waals surface area contributed by atoms with Crippen molar-refractivity contribution in [1.29, 1.82) is 0 Å². The molecule has 0 bridgehead atoms. The van der Waals surface area contributed by atoms with Crippen LogP contribution in [0.25, 0.3) is 0 Å². The van der Waals surface area contributed by atoms with Crippen molar-refractivity contribution in [2.24, 2.45) is 7.05 Å². The molecule has 0 aromatic carbocycles. The normalized spacial score (nSPS) is 19.2. The highest BCUT2D eigenvalue weighted by molar-refractivity contribution is 5.11. The quantitative estimate of drug-likeness (QED) is 0.839. The van der Waals surface area contributed by atoms with Gasteiger partial charge in [-0.1, -0.05) is 0 Å². The molecule has 1 atom stereocenters. The van der Waals surface area contributed by atoms with Crippen molar-refractivity contribution in [3.05, 3.63) is 41.7 Å². The fraction of sp³-hybridized carbons (Fsp3) is 0.562. The van der Waals surface area contributed by atoms with E-state index in [1.54, 1.807) is 0 Å². The molecule has 0 N–H and O–H groups in total. The van der Waals surface area contributed by atoms with E-state index in [1.165, 1.54) is 12.0 Å². The van der Waals surface area contributed by atoms with Gasteiger partial charge < -0.3 is 4.90 Å². The summed E-state index contributed by atoms with van der Waals surface area (Å²) < 4.78 is 1.86. The second kappa shape index (κ2) is 6.54. The van der Waals surface area contributed by atoms with Crippen LogP contribution < -0.4 is 0 Å². The first-order chi connectivity index (χ1) is 10.6. The molecule has 1 aliphatic heterocycles. The average molecular weight is 300 g/mol. The summed E-state index contributed by atoms with van der Waals surface area (Å²) in [7, 11) is 6.07. The van der Waals surface area contributed by atoms with Crippen molar-refractivity contribution < 1.29 is 0 Å². The maximum absolute atomic E-state index is 4.83. The molecule has 0 amide bonds. The number of aromatic nitrogens is 4. The summed E-state index contributed by atoms with van der Waals surface area (Å²) in [5.74, 6) is 0. The zero-order valence-electron chi connectivity index (χ0n) is 13.6. The van der Waals surface area contributed by atoms with Crippen molar-refractivity contribution in [2.45, 2.75) is 32.0 Å². The monoisotopic (exact) mass is 300 g/mol. The maximum Gasteiger partial charge on any atom is 0.0762 e. The molecule has 3 heterocycles. The zero-order valence-corrected chi connectivity index (χ0v) is 13.6. The lowest BCUT2D eigenvalue weighted by Crippen LogP contribution is -2.24. The minimum Gasteiger partial charge on any atom is -0.304 e. The average Bonchev–Trinajstić information content (AvgIpc) is 3.08. The second-order valence-electron chi connectivity index (χ2n) is 6.32.